The van der Waals surface area contributed by atoms with Gasteiger partial charge in [-0.2, -0.15) is 0 Å². The Kier molecular flexibility index (Phi) is 2.93. The summed E-state index contributed by atoms with van der Waals surface area (Å²) in [5.74, 6) is 0.754. The van der Waals surface area contributed by atoms with E-state index in [4.69, 9.17) is 10.2 Å². The lowest BCUT2D eigenvalue weighted by Gasteiger charge is -2.21. The van der Waals surface area contributed by atoms with Gasteiger partial charge in [0.05, 0.1) is 12.1 Å². The van der Waals surface area contributed by atoms with Crippen LogP contribution in [0.4, 0.5) is 5.88 Å². The number of hydrogen-bond acceptors (Lipinski definition) is 5. The van der Waals surface area contributed by atoms with Crippen molar-refractivity contribution in [3.05, 3.63) is 28.0 Å². The van der Waals surface area contributed by atoms with Crippen molar-refractivity contribution in [2.24, 2.45) is 11.7 Å². The summed E-state index contributed by atoms with van der Waals surface area (Å²) in [5.41, 5.74) is 5.69. The van der Waals surface area contributed by atoms with Crippen molar-refractivity contribution in [2.75, 3.05) is 20.1 Å². The maximum atomic E-state index is 10.5. The number of rotatable bonds is 3. The first-order valence-electron chi connectivity index (χ1n) is 5.28. The summed E-state index contributed by atoms with van der Waals surface area (Å²) < 4.78 is 5.24. The predicted molar refractivity (Wildman–Crippen MR) is 57.9 cm³/mol. The smallest absolute Gasteiger partial charge is 0.404 e. The fourth-order valence-electron chi connectivity index (χ4n) is 2.32. The van der Waals surface area contributed by atoms with Crippen molar-refractivity contribution >= 4 is 5.88 Å². The first kappa shape index (κ1) is 11.1. The minimum absolute atomic E-state index is 0.0682. The third-order valence-electron chi connectivity index (χ3n) is 3.16. The van der Waals surface area contributed by atoms with Gasteiger partial charge in [-0.05, 0) is 38.5 Å². The third-order valence-corrected chi connectivity index (χ3v) is 3.16. The maximum Gasteiger partial charge on any atom is 0.433 e. The lowest BCUT2D eigenvalue weighted by Crippen LogP contribution is -2.24. The van der Waals surface area contributed by atoms with Gasteiger partial charge < -0.3 is 10.2 Å². The van der Waals surface area contributed by atoms with E-state index in [-0.39, 0.29) is 11.9 Å². The Morgan fingerprint density at radius 3 is 3.00 bits per heavy atom. The van der Waals surface area contributed by atoms with Crippen LogP contribution in [0.15, 0.2) is 16.5 Å². The Labute approximate surface area is 93.2 Å². The fraction of sp³-hybridized carbons (Fsp3) is 0.600. The molecule has 2 unspecified atom stereocenters. The Bertz CT molecular complexity index is 390. The average molecular weight is 225 g/mol. The molecule has 0 radical (unpaired) electrons. The molecule has 2 atom stereocenters. The zero-order chi connectivity index (χ0) is 11.7. The number of furan rings is 1. The lowest BCUT2D eigenvalue weighted by molar-refractivity contribution is -0.402. The molecule has 2 N–H and O–H groups in total. The van der Waals surface area contributed by atoms with Crippen molar-refractivity contribution in [2.45, 2.75) is 12.5 Å². The standard InChI is InChI=1S/C10H15N3O3/c1-12-5-4-7(6-11)10(12)8-2-3-9(16-8)13(14)15/h2-3,7,10H,4-6,11H2,1H3. The Balaban J connectivity index is 2.24. The molecular weight excluding hydrogens is 210 g/mol. The minimum atomic E-state index is -0.518. The van der Waals surface area contributed by atoms with E-state index in [0.29, 0.717) is 18.2 Å². The van der Waals surface area contributed by atoms with E-state index < -0.39 is 4.92 Å². The molecule has 0 bridgehead atoms. The molecule has 1 saturated heterocycles. The molecule has 2 heterocycles. The molecule has 0 spiro atoms. The van der Waals surface area contributed by atoms with Crippen LogP contribution in [0.3, 0.4) is 0 Å². The minimum Gasteiger partial charge on any atom is -0.404 e. The predicted octanol–water partition coefficient (Wildman–Crippen LogP) is 1.14. The molecule has 1 aliphatic rings. The largest absolute Gasteiger partial charge is 0.433 e. The van der Waals surface area contributed by atoms with Crippen molar-refractivity contribution in [3.8, 4) is 0 Å². The van der Waals surface area contributed by atoms with Gasteiger partial charge in [0.2, 0.25) is 0 Å². The second kappa shape index (κ2) is 4.23. The highest BCUT2D eigenvalue weighted by molar-refractivity contribution is 5.21. The normalized spacial score (nSPS) is 26.1. The molecule has 0 amide bonds. The summed E-state index contributed by atoms with van der Waals surface area (Å²) in [5, 5.41) is 10.5. The van der Waals surface area contributed by atoms with Gasteiger partial charge in [0.1, 0.15) is 10.7 Å². The molecule has 1 aromatic heterocycles. The molecular formula is C10H15N3O3. The summed E-state index contributed by atoms with van der Waals surface area (Å²) >= 11 is 0. The van der Waals surface area contributed by atoms with Gasteiger partial charge >= 0.3 is 5.88 Å². The number of hydrogen-bond donors (Lipinski definition) is 1. The van der Waals surface area contributed by atoms with Crippen LogP contribution in [0.1, 0.15) is 18.2 Å². The second-order valence-electron chi connectivity index (χ2n) is 4.14. The van der Waals surface area contributed by atoms with Crippen LogP contribution in [0.25, 0.3) is 0 Å². The Hall–Kier alpha value is -1.40. The van der Waals surface area contributed by atoms with Crippen LogP contribution in [-0.4, -0.2) is 30.0 Å². The molecule has 16 heavy (non-hydrogen) atoms. The third kappa shape index (κ3) is 1.81. The molecule has 0 aliphatic carbocycles. The monoisotopic (exact) mass is 225 g/mol. The molecule has 1 aromatic rings. The molecule has 88 valence electrons. The van der Waals surface area contributed by atoms with E-state index in [0.717, 1.165) is 13.0 Å². The van der Waals surface area contributed by atoms with Crippen LogP contribution in [0, 0.1) is 16.0 Å². The van der Waals surface area contributed by atoms with E-state index in [1.807, 2.05) is 7.05 Å². The van der Waals surface area contributed by atoms with Gasteiger partial charge in [-0.25, -0.2) is 0 Å². The SMILES string of the molecule is CN1CCC(CN)C1c1ccc([N+](=O)[O-])o1. The first-order chi connectivity index (χ1) is 7.63. The van der Waals surface area contributed by atoms with Gasteiger partial charge in [-0.3, -0.25) is 15.0 Å². The van der Waals surface area contributed by atoms with Gasteiger partial charge in [-0.15, -0.1) is 0 Å². The van der Waals surface area contributed by atoms with Crippen LogP contribution < -0.4 is 5.73 Å². The van der Waals surface area contributed by atoms with Crippen molar-refractivity contribution in [3.63, 3.8) is 0 Å². The number of nitro groups is 1. The average Bonchev–Trinajstić information content (AvgIpc) is 2.83. The molecule has 1 aliphatic heterocycles. The van der Waals surface area contributed by atoms with Crippen molar-refractivity contribution in [1.29, 1.82) is 0 Å². The van der Waals surface area contributed by atoms with Crippen LogP contribution in [-0.2, 0) is 0 Å². The number of nitrogens with two attached hydrogens (primary N) is 1. The van der Waals surface area contributed by atoms with Crippen LogP contribution in [0.5, 0.6) is 0 Å². The molecule has 1 fully saturated rings. The Morgan fingerprint density at radius 2 is 2.44 bits per heavy atom. The van der Waals surface area contributed by atoms with E-state index in [1.165, 1.54) is 6.07 Å². The van der Waals surface area contributed by atoms with Crippen LogP contribution >= 0.6 is 0 Å². The highest BCUT2D eigenvalue weighted by Gasteiger charge is 2.35. The summed E-state index contributed by atoms with van der Waals surface area (Å²) in [7, 11) is 1.98. The summed E-state index contributed by atoms with van der Waals surface area (Å²) in [6.07, 6.45) is 1.01. The van der Waals surface area contributed by atoms with Gasteiger partial charge in [0.25, 0.3) is 0 Å². The molecule has 0 saturated carbocycles. The second-order valence-corrected chi connectivity index (χ2v) is 4.14. The molecule has 2 rings (SSSR count). The Morgan fingerprint density at radius 1 is 1.69 bits per heavy atom. The highest BCUT2D eigenvalue weighted by atomic mass is 16.6. The molecule has 6 heteroatoms. The van der Waals surface area contributed by atoms with Crippen molar-refractivity contribution in [1.82, 2.24) is 4.90 Å². The lowest BCUT2D eigenvalue weighted by atomic mass is 9.99. The summed E-state index contributed by atoms with van der Waals surface area (Å²) in [6, 6.07) is 3.14. The maximum absolute atomic E-state index is 10.5. The van der Waals surface area contributed by atoms with E-state index in [9.17, 15) is 10.1 Å². The van der Waals surface area contributed by atoms with Crippen LogP contribution in [0.2, 0.25) is 0 Å². The topological polar surface area (TPSA) is 85.5 Å². The van der Waals surface area contributed by atoms with Crippen molar-refractivity contribution < 1.29 is 9.34 Å². The quantitative estimate of drug-likeness (QED) is 0.615. The zero-order valence-electron chi connectivity index (χ0n) is 9.13. The summed E-state index contributed by atoms with van der Waals surface area (Å²) in [4.78, 5) is 12.1. The van der Waals surface area contributed by atoms with Gasteiger partial charge in [0, 0.05) is 0 Å². The number of likely N-dealkylation sites (tertiary alicyclic amines) is 1. The highest BCUT2D eigenvalue weighted by Crippen LogP contribution is 2.37. The number of nitrogens with zero attached hydrogens (tertiary/aromatic N) is 2. The molecule has 6 nitrogen and oxygen atoms in total. The van der Waals surface area contributed by atoms with E-state index in [2.05, 4.69) is 4.90 Å². The molecule has 0 aromatic carbocycles. The van der Waals surface area contributed by atoms with Gasteiger partial charge in [-0.1, -0.05) is 0 Å². The zero-order valence-corrected chi connectivity index (χ0v) is 9.13. The van der Waals surface area contributed by atoms with Gasteiger partial charge in [0.15, 0.2) is 0 Å². The van der Waals surface area contributed by atoms with E-state index >= 15 is 0 Å². The summed E-state index contributed by atoms with van der Waals surface area (Å²) in [6.45, 7) is 1.52. The fourth-order valence-corrected chi connectivity index (χ4v) is 2.32. The van der Waals surface area contributed by atoms with E-state index in [1.54, 1.807) is 6.07 Å². The first-order valence-corrected chi connectivity index (χ1v) is 5.28.